The number of halogens is 2. The third kappa shape index (κ3) is 3.33. The topological polar surface area (TPSA) is 3.24 Å². The van der Waals surface area contributed by atoms with Gasteiger partial charge in [0.15, 0.2) is 0 Å². The minimum atomic E-state index is -0.202. The first-order valence-corrected chi connectivity index (χ1v) is 7.07. The molecule has 2 rings (SSSR count). The van der Waals surface area contributed by atoms with E-state index < -0.39 is 0 Å². The lowest BCUT2D eigenvalue weighted by Gasteiger charge is -2.24. The van der Waals surface area contributed by atoms with Crippen molar-refractivity contribution in [2.75, 3.05) is 16.8 Å². The number of nitrogens with zero attached hydrogens (tertiary/aromatic N) is 1. The Bertz CT molecular complexity index is 470. The normalized spacial score (nSPS) is 10.3. The summed E-state index contributed by atoms with van der Waals surface area (Å²) in [6, 6.07) is 16.8. The Kier molecular flexibility index (Phi) is 4.76. The maximum atomic E-state index is 13.0. The number of hydrogen-bond donors (Lipinski definition) is 0. The van der Waals surface area contributed by atoms with Crippen LogP contribution >= 0.6 is 15.9 Å². The van der Waals surface area contributed by atoms with Crippen LogP contribution in [0.3, 0.4) is 0 Å². The second-order valence-electron chi connectivity index (χ2n) is 4.01. The zero-order valence-corrected chi connectivity index (χ0v) is 11.6. The SMILES string of the molecule is Fc1ccc(N(CCCBr)c2ccccc2)cc1. The fourth-order valence-corrected chi connectivity index (χ4v) is 2.10. The number of anilines is 2. The Hall–Kier alpha value is -1.35. The molecule has 94 valence electrons. The summed E-state index contributed by atoms with van der Waals surface area (Å²) < 4.78 is 13.0. The van der Waals surface area contributed by atoms with Crippen LogP contribution in [0.25, 0.3) is 0 Å². The predicted molar refractivity (Wildman–Crippen MR) is 78.3 cm³/mol. The van der Waals surface area contributed by atoms with E-state index in [2.05, 4.69) is 33.0 Å². The molecule has 2 aromatic rings. The lowest BCUT2D eigenvalue weighted by atomic mass is 10.2. The highest BCUT2D eigenvalue weighted by molar-refractivity contribution is 9.09. The average Bonchev–Trinajstić information content (AvgIpc) is 2.42. The number of alkyl halides is 1. The summed E-state index contributed by atoms with van der Waals surface area (Å²) in [5.41, 5.74) is 2.15. The third-order valence-electron chi connectivity index (χ3n) is 2.72. The van der Waals surface area contributed by atoms with Gasteiger partial charge in [0, 0.05) is 23.2 Å². The second kappa shape index (κ2) is 6.55. The summed E-state index contributed by atoms with van der Waals surface area (Å²) in [7, 11) is 0. The molecule has 0 aliphatic carbocycles. The van der Waals surface area contributed by atoms with Crippen molar-refractivity contribution in [1.82, 2.24) is 0 Å². The summed E-state index contributed by atoms with van der Waals surface area (Å²) in [5.74, 6) is -0.202. The van der Waals surface area contributed by atoms with E-state index in [1.54, 1.807) is 0 Å². The molecule has 1 nitrogen and oxygen atoms in total. The van der Waals surface area contributed by atoms with E-state index in [1.807, 2.05) is 30.3 Å². The molecule has 3 heteroatoms. The van der Waals surface area contributed by atoms with Crippen molar-refractivity contribution in [3.8, 4) is 0 Å². The van der Waals surface area contributed by atoms with E-state index in [9.17, 15) is 4.39 Å². The van der Waals surface area contributed by atoms with Gasteiger partial charge in [0.2, 0.25) is 0 Å². The number of hydrogen-bond acceptors (Lipinski definition) is 1. The van der Waals surface area contributed by atoms with Gasteiger partial charge in [-0.2, -0.15) is 0 Å². The van der Waals surface area contributed by atoms with Crippen LogP contribution in [-0.4, -0.2) is 11.9 Å². The zero-order chi connectivity index (χ0) is 12.8. The summed E-state index contributed by atoms with van der Waals surface area (Å²) in [6.45, 7) is 0.904. The molecule has 0 unspecified atom stereocenters. The standard InChI is InChI=1S/C15H15BrFN/c16-11-4-12-18(14-5-2-1-3-6-14)15-9-7-13(17)8-10-15/h1-3,5-10H,4,11-12H2. The van der Waals surface area contributed by atoms with Gasteiger partial charge < -0.3 is 4.90 Å². The molecule has 0 amide bonds. The largest absolute Gasteiger partial charge is 0.341 e. The molecule has 2 aromatic carbocycles. The van der Waals surface area contributed by atoms with Gasteiger partial charge in [-0.05, 0) is 42.8 Å². The molecule has 0 heterocycles. The molecule has 0 N–H and O–H groups in total. The Balaban J connectivity index is 2.27. The maximum absolute atomic E-state index is 13.0. The summed E-state index contributed by atoms with van der Waals surface area (Å²) in [4.78, 5) is 2.20. The van der Waals surface area contributed by atoms with Crippen LogP contribution in [-0.2, 0) is 0 Å². The summed E-state index contributed by atoms with van der Waals surface area (Å²) >= 11 is 3.45. The van der Waals surface area contributed by atoms with Gasteiger partial charge in [0.05, 0.1) is 0 Å². The van der Waals surface area contributed by atoms with Crippen molar-refractivity contribution in [3.63, 3.8) is 0 Å². The first-order valence-electron chi connectivity index (χ1n) is 5.95. The van der Waals surface area contributed by atoms with E-state index in [1.165, 1.54) is 12.1 Å². The molecule has 18 heavy (non-hydrogen) atoms. The molecule has 0 aliphatic heterocycles. The molecular formula is C15H15BrFN. The summed E-state index contributed by atoms with van der Waals surface area (Å²) in [6.07, 6.45) is 1.03. The Labute approximate surface area is 115 Å². The van der Waals surface area contributed by atoms with Gasteiger partial charge in [-0.3, -0.25) is 0 Å². The molecule has 0 spiro atoms. The van der Waals surface area contributed by atoms with Crippen LogP contribution in [0.1, 0.15) is 6.42 Å². The van der Waals surface area contributed by atoms with Crippen LogP contribution in [0.2, 0.25) is 0 Å². The smallest absolute Gasteiger partial charge is 0.123 e. The van der Waals surface area contributed by atoms with Crippen molar-refractivity contribution in [1.29, 1.82) is 0 Å². The van der Waals surface area contributed by atoms with Gasteiger partial charge >= 0.3 is 0 Å². The van der Waals surface area contributed by atoms with Crippen LogP contribution in [0.15, 0.2) is 54.6 Å². The van der Waals surface area contributed by atoms with Gasteiger partial charge in [0.1, 0.15) is 5.82 Å². The van der Waals surface area contributed by atoms with Gasteiger partial charge in [-0.15, -0.1) is 0 Å². The van der Waals surface area contributed by atoms with Gasteiger partial charge in [-0.25, -0.2) is 4.39 Å². The van der Waals surface area contributed by atoms with Gasteiger partial charge in [0.25, 0.3) is 0 Å². The van der Waals surface area contributed by atoms with Gasteiger partial charge in [-0.1, -0.05) is 34.1 Å². The van der Waals surface area contributed by atoms with Crippen molar-refractivity contribution < 1.29 is 4.39 Å². The predicted octanol–water partition coefficient (Wildman–Crippen LogP) is 4.75. The van der Waals surface area contributed by atoms with E-state index in [4.69, 9.17) is 0 Å². The van der Waals surface area contributed by atoms with Crippen LogP contribution < -0.4 is 4.90 Å². The first-order chi connectivity index (χ1) is 8.81. The van der Waals surface area contributed by atoms with Crippen molar-refractivity contribution in [2.45, 2.75) is 6.42 Å². The fourth-order valence-electron chi connectivity index (χ4n) is 1.85. The lowest BCUT2D eigenvalue weighted by Crippen LogP contribution is -2.18. The number of rotatable bonds is 5. The number of benzene rings is 2. The molecule has 0 aromatic heterocycles. The minimum absolute atomic E-state index is 0.202. The first kappa shape index (κ1) is 13.1. The second-order valence-corrected chi connectivity index (χ2v) is 4.80. The van der Waals surface area contributed by atoms with Crippen molar-refractivity contribution >= 4 is 27.3 Å². The van der Waals surface area contributed by atoms with E-state index >= 15 is 0 Å². The molecule has 0 saturated heterocycles. The highest BCUT2D eigenvalue weighted by atomic mass is 79.9. The lowest BCUT2D eigenvalue weighted by molar-refractivity contribution is 0.627. The number of para-hydroxylation sites is 1. The monoisotopic (exact) mass is 307 g/mol. The molecule has 0 radical (unpaired) electrons. The highest BCUT2D eigenvalue weighted by Crippen LogP contribution is 2.25. The Morgan fingerprint density at radius 2 is 1.50 bits per heavy atom. The average molecular weight is 308 g/mol. The molecule has 0 fully saturated rings. The molecule has 0 atom stereocenters. The Morgan fingerprint density at radius 1 is 0.889 bits per heavy atom. The Morgan fingerprint density at radius 3 is 2.11 bits per heavy atom. The highest BCUT2D eigenvalue weighted by Gasteiger charge is 2.08. The minimum Gasteiger partial charge on any atom is -0.341 e. The summed E-state index contributed by atoms with van der Waals surface area (Å²) in [5, 5.41) is 0.956. The fraction of sp³-hybridized carbons (Fsp3) is 0.200. The van der Waals surface area contributed by atoms with E-state index in [0.29, 0.717) is 0 Å². The van der Waals surface area contributed by atoms with E-state index in [0.717, 1.165) is 29.7 Å². The van der Waals surface area contributed by atoms with Crippen molar-refractivity contribution in [2.24, 2.45) is 0 Å². The quantitative estimate of drug-likeness (QED) is 0.721. The molecular weight excluding hydrogens is 293 g/mol. The molecule has 0 aliphatic rings. The molecule has 0 bridgehead atoms. The maximum Gasteiger partial charge on any atom is 0.123 e. The van der Waals surface area contributed by atoms with Crippen LogP contribution in [0.4, 0.5) is 15.8 Å². The molecule has 0 saturated carbocycles. The van der Waals surface area contributed by atoms with Crippen molar-refractivity contribution in [3.05, 3.63) is 60.4 Å². The van der Waals surface area contributed by atoms with E-state index in [-0.39, 0.29) is 5.82 Å². The van der Waals surface area contributed by atoms with Crippen LogP contribution in [0.5, 0.6) is 0 Å². The van der Waals surface area contributed by atoms with Crippen LogP contribution in [0, 0.1) is 5.82 Å². The third-order valence-corrected chi connectivity index (χ3v) is 3.28. The zero-order valence-electron chi connectivity index (χ0n) is 10.0.